The van der Waals surface area contributed by atoms with Gasteiger partial charge in [0.1, 0.15) is 11.6 Å². The molecule has 0 saturated carbocycles. The lowest BCUT2D eigenvalue weighted by molar-refractivity contribution is -0.121. The molecule has 1 amide bonds. The number of piperidine rings is 1. The summed E-state index contributed by atoms with van der Waals surface area (Å²) in [5.74, 6) is -0.128. The molecular formula is C24H27F2N3O2S. The van der Waals surface area contributed by atoms with Gasteiger partial charge in [-0.2, -0.15) is 0 Å². The van der Waals surface area contributed by atoms with Crippen molar-refractivity contribution in [2.75, 3.05) is 19.6 Å². The number of hydrogen-bond acceptors (Lipinski definition) is 5. The monoisotopic (exact) mass is 459 g/mol. The van der Waals surface area contributed by atoms with Crippen molar-refractivity contribution in [1.82, 2.24) is 15.2 Å². The molecule has 1 fully saturated rings. The lowest BCUT2D eigenvalue weighted by Gasteiger charge is -2.36. The fraction of sp³-hybridized carbons (Fsp3) is 0.417. The van der Waals surface area contributed by atoms with E-state index in [0.717, 1.165) is 25.1 Å². The first-order valence-electron chi connectivity index (χ1n) is 10.9. The van der Waals surface area contributed by atoms with E-state index >= 15 is 0 Å². The third-order valence-corrected chi connectivity index (χ3v) is 6.91. The molecule has 4 rings (SSSR count). The molecule has 1 unspecified atom stereocenters. The lowest BCUT2D eigenvalue weighted by Crippen LogP contribution is -2.41. The Kier molecular flexibility index (Phi) is 7.32. The van der Waals surface area contributed by atoms with Gasteiger partial charge in [-0.3, -0.25) is 9.69 Å². The maximum Gasteiger partial charge on any atom is 0.220 e. The number of carbonyl (C=O) groups excluding carboxylic acids is 1. The van der Waals surface area contributed by atoms with E-state index in [2.05, 4.69) is 33.6 Å². The van der Waals surface area contributed by atoms with Crippen molar-refractivity contribution in [3.8, 4) is 11.3 Å². The Morgan fingerprint density at radius 2 is 2.12 bits per heavy atom. The Morgan fingerprint density at radius 1 is 1.31 bits per heavy atom. The molecule has 0 spiro atoms. The van der Waals surface area contributed by atoms with E-state index in [4.69, 9.17) is 4.42 Å². The predicted octanol–water partition coefficient (Wildman–Crippen LogP) is 5.20. The maximum atomic E-state index is 13.9. The van der Waals surface area contributed by atoms with Gasteiger partial charge in [0.15, 0.2) is 11.7 Å². The minimum atomic E-state index is -0.711. The van der Waals surface area contributed by atoms with Gasteiger partial charge in [-0.05, 0) is 55.4 Å². The molecule has 1 aliphatic heterocycles. The van der Waals surface area contributed by atoms with E-state index in [1.807, 2.05) is 6.07 Å². The van der Waals surface area contributed by atoms with Gasteiger partial charge in [0.2, 0.25) is 5.91 Å². The lowest BCUT2D eigenvalue weighted by atomic mass is 9.97. The van der Waals surface area contributed by atoms with Crippen LogP contribution >= 0.6 is 11.3 Å². The molecule has 2 aromatic heterocycles. The van der Waals surface area contributed by atoms with E-state index in [-0.39, 0.29) is 29.7 Å². The number of oxazole rings is 1. The van der Waals surface area contributed by atoms with Gasteiger partial charge >= 0.3 is 0 Å². The van der Waals surface area contributed by atoms with Crippen molar-refractivity contribution in [1.29, 1.82) is 0 Å². The van der Waals surface area contributed by atoms with Crippen molar-refractivity contribution in [2.45, 2.75) is 38.6 Å². The number of rotatable bonds is 8. The van der Waals surface area contributed by atoms with Crippen LogP contribution in [0.5, 0.6) is 0 Å². The molecule has 1 atom stereocenters. The number of benzene rings is 1. The average Bonchev–Trinajstić information content (AvgIpc) is 3.46. The highest BCUT2D eigenvalue weighted by atomic mass is 32.1. The first-order valence-corrected chi connectivity index (χ1v) is 11.8. The topological polar surface area (TPSA) is 58.4 Å². The summed E-state index contributed by atoms with van der Waals surface area (Å²) in [6.45, 7) is 4.93. The van der Waals surface area contributed by atoms with E-state index in [0.29, 0.717) is 18.9 Å². The third-order valence-electron chi connectivity index (χ3n) is 5.94. The zero-order valence-electron chi connectivity index (χ0n) is 18.0. The van der Waals surface area contributed by atoms with Crippen molar-refractivity contribution in [2.24, 2.45) is 5.92 Å². The number of halogens is 2. The fourth-order valence-corrected chi connectivity index (χ4v) is 4.85. The van der Waals surface area contributed by atoms with Gasteiger partial charge in [0.05, 0.1) is 17.8 Å². The number of likely N-dealkylation sites (tertiary alicyclic amines) is 1. The van der Waals surface area contributed by atoms with E-state index < -0.39 is 11.6 Å². The second kappa shape index (κ2) is 10.4. The number of aromatic nitrogens is 1. The highest BCUT2D eigenvalue weighted by Gasteiger charge is 2.25. The summed E-state index contributed by atoms with van der Waals surface area (Å²) >= 11 is 1.72. The minimum Gasteiger partial charge on any atom is -0.441 e. The number of hydrogen-bond donors (Lipinski definition) is 1. The van der Waals surface area contributed by atoms with E-state index in [9.17, 15) is 13.6 Å². The summed E-state index contributed by atoms with van der Waals surface area (Å²) < 4.78 is 32.6. The summed E-state index contributed by atoms with van der Waals surface area (Å²) in [4.78, 5) is 20.4. The third kappa shape index (κ3) is 5.61. The van der Waals surface area contributed by atoms with Gasteiger partial charge in [0.25, 0.3) is 0 Å². The first kappa shape index (κ1) is 22.6. The Morgan fingerprint density at radius 3 is 2.84 bits per heavy atom. The maximum absolute atomic E-state index is 13.9. The SMILES string of the molecule is CC1CCN(C(CNC(=O)CCc2ncc(-c3ccc(F)cc3F)o2)c2cccs2)CC1. The van der Waals surface area contributed by atoms with Crippen LogP contribution in [0.25, 0.3) is 11.3 Å². The molecule has 0 aliphatic carbocycles. The number of carbonyl (C=O) groups is 1. The van der Waals surface area contributed by atoms with Crippen LogP contribution in [-0.4, -0.2) is 35.4 Å². The predicted molar refractivity (Wildman–Crippen MR) is 120 cm³/mol. The minimum absolute atomic E-state index is 0.0790. The summed E-state index contributed by atoms with van der Waals surface area (Å²) in [5, 5.41) is 5.13. The number of amides is 1. The van der Waals surface area contributed by atoms with Gasteiger partial charge in [-0.25, -0.2) is 13.8 Å². The Labute approximate surface area is 190 Å². The number of aryl methyl sites for hydroxylation is 1. The Hall–Kier alpha value is -2.58. The molecule has 3 heterocycles. The van der Waals surface area contributed by atoms with Crippen LogP contribution in [0.4, 0.5) is 8.78 Å². The molecule has 1 aliphatic rings. The van der Waals surface area contributed by atoms with Crippen LogP contribution < -0.4 is 5.32 Å². The second-order valence-corrected chi connectivity index (χ2v) is 9.28. The smallest absolute Gasteiger partial charge is 0.220 e. The van der Waals surface area contributed by atoms with Crippen molar-refractivity contribution in [3.63, 3.8) is 0 Å². The van der Waals surface area contributed by atoms with Gasteiger partial charge in [-0.1, -0.05) is 13.0 Å². The molecule has 0 bridgehead atoms. The molecule has 1 saturated heterocycles. The summed E-state index contributed by atoms with van der Waals surface area (Å²) in [6.07, 6.45) is 4.28. The average molecular weight is 460 g/mol. The largest absolute Gasteiger partial charge is 0.441 e. The summed E-state index contributed by atoms with van der Waals surface area (Å²) in [5.41, 5.74) is 0.143. The van der Waals surface area contributed by atoms with Gasteiger partial charge < -0.3 is 9.73 Å². The number of nitrogens with zero attached hydrogens (tertiary/aromatic N) is 2. The van der Waals surface area contributed by atoms with Crippen LogP contribution in [-0.2, 0) is 11.2 Å². The Bertz CT molecular complexity index is 1030. The fourth-order valence-electron chi connectivity index (χ4n) is 3.99. The zero-order chi connectivity index (χ0) is 22.5. The molecule has 170 valence electrons. The highest BCUT2D eigenvalue weighted by molar-refractivity contribution is 7.10. The summed E-state index contributed by atoms with van der Waals surface area (Å²) in [7, 11) is 0. The van der Waals surface area contributed by atoms with Crippen LogP contribution in [0, 0.1) is 17.6 Å². The van der Waals surface area contributed by atoms with E-state index in [1.165, 1.54) is 36.0 Å². The number of nitrogens with one attached hydrogen (secondary N) is 1. The Balaban J connectivity index is 1.31. The first-order chi connectivity index (χ1) is 15.5. The molecule has 1 aromatic carbocycles. The second-order valence-electron chi connectivity index (χ2n) is 8.30. The highest BCUT2D eigenvalue weighted by Crippen LogP contribution is 2.29. The van der Waals surface area contributed by atoms with Crippen molar-refractivity contribution in [3.05, 3.63) is 64.3 Å². The molecule has 1 N–H and O–H groups in total. The van der Waals surface area contributed by atoms with Crippen molar-refractivity contribution >= 4 is 17.2 Å². The van der Waals surface area contributed by atoms with Crippen LogP contribution in [0.2, 0.25) is 0 Å². The molecule has 3 aromatic rings. The number of thiophene rings is 1. The molecule has 0 radical (unpaired) electrons. The summed E-state index contributed by atoms with van der Waals surface area (Å²) in [6, 6.07) is 7.64. The van der Waals surface area contributed by atoms with Gasteiger partial charge in [-0.15, -0.1) is 11.3 Å². The molecule has 8 heteroatoms. The van der Waals surface area contributed by atoms with Crippen LogP contribution in [0.3, 0.4) is 0 Å². The molecular weight excluding hydrogens is 432 g/mol. The zero-order valence-corrected chi connectivity index (χ0v) is 18.8. The normalized spacial score (nSPS) is 16.2. The van der Waals surface area contributed by atoms with Crippen LogP contribution in [0.1, 0.15) is 43.0 Å². The molecule has 32 heavy (non-hydrogen) atoms. The van der Waals surface area contributed by atoms with E-state index in [1.54, 1.807) is 11.3 Å². The van der Waals surface area contributed by atoms with Crippen LogP contribution in [0.15, 0.2) is 46.3 Å². The standard InChI is InChI=1S/C24H27F2N3O2S/c1-16-8-10-29(11-9-16)20(22-3-2-12-32-22)14-27-23(30)6-7-24-28-15-21(31-24)18-5-4-17(25)13-19(18)26/h2-5,12-13,15-16,20H,6-11,14H2,1H3,(H,27,30). The quantitative estimate of drug-likeness (QED) is 0.503. The van der Waals surface area contributed by atoms with Gasteiger partial charge in [0, 0.05) is 30.3 Å². The molecule has 5 nitrogen and oxygen atoms in total. The van der Waals surface area contributed by atoms with Crippen molar-refractivity contribution < 1.29 is 18.0 Å².